The normalized spacial score (nSPS) is 10.7. The van der Waals surface area contributed by atoms with Crippen molar-refractivity contribution in [1.29, 1.82) is 0 Å². The second-order valence-electron chi connectivity index (χ2n) is 2.98. The van der Waals surface area contributed by atoms with Crippen LogP contribution in [0, 0.1) is 0 Å². The fourth-order valence-electron chi connectivity index (χ4n) is 0.142. The quantitative estimate of drug-likeness (QED) is 0.188. The lowest BCUT2D eigenvalue weighted by Gasteiger charge is -2.09. The molecule has 0 atom stereocenters. The summed E-state index contributed by atoms with van der Waals surface area (Å²) in [5, 5.41) is 16.8. The van der Waals surface area contributed by atoms with E-state index in [0.29, 0.717) is 0 Å². The van der Waals surface area contributed by atoms with Crippen molar-refractivity contribution in [3.63, 3.8) is 0 Å². The summed E-state index contributed by atoms with van der Waals surface area (Å²) in [7, 11) is 5.04. The zero-order valence-corrected chi connectivity index (χ0v) is 9.04. The third kappa shape index (κ3) is 35.0. The number of hydroxylamine groups is 3. The summed E-state index contributed by atoms with van der Waals surface area (Å²) in [5.41, 5.74) is 4.59. The maximum Gasteiger partial charge on any atom is 0.283 e. The van der Waals surface area contributed by atoms with Crippen molar-refractivity contribution in [1.82, 2.24) is 0 Å². The molecule has 0 fully saturated rings. The monoisotopic (exact) mass is 212 g/mol. The molecule has 1 amide bonds. The zero-order chi connectivity index (χ0) is 10.4. The van der Waals surface area contributed by atoms with Crippen molar-refractivity contribution < 1.29 is 32.2 Å². The Morgan fingerprint density at radius 3 is 1.62 bits per heavy atom. The molecule has 0 aromatic heterocycles. The Bertz CT molecular complexity index is 169. The van der Waals surface area contributed by atoms with Crippen LogP contribution in [0.1, 0.15) is 6.92 Å². The molecule has 6 heteroatoms. The number of halogens is 1. The van der Waals surface area contributed by atoms with Gasteiger partial charge in [0.15, 0.2) is 5.76 Å². The zero-order valence-electron chi connectivity index (χ0n) is 8.28. The van der Waals surface area contributed by atoms with E-state index in [1.807, 2.05) is 0 Å². The predicted molar refractivity (Wildman–Crippen MR) is 45.4 cm³/mol. The Balaban J connectivity index is -0.000000150. The molecule has 0 unspecified atom stereocenters. The first kappa shape index (κ1) is 18.1. The molecule has 0 aliphatic carbocycles. The van der Waals surface area contributed by atoms with Crippen LogP contribution in [0.3, 0.4) is 0 Å². The Labute approximate surface area is 84.4 Å². The number of primary amides is 1. The molecule has 0 spiro atoms. The van der Waals surface area contributed by atoms with Gasteiger partial charge in [-0.15, -0.1) is 0 Å². The van der Waals surface area contributed by atoms with Gasteiger partial charge >= 0.3 is 0 Å². The van der Waals surface area contributed by atoms with Gasteiger partial charge in [-0.2, -0.15) is 4.65 Å². The molecular formula is C7H17ClN2O3. The minimum absolute atomic E-state index is 0. The molecule has 0 saturated carbocycles. The fraction of sp³-hybridized carbons (Fsp3) is 0.571. The van der Waals surface area contributed by atoms with E-state index in [4.69, 9.17) is 10.3 Å². The highest BCUT2D eigenvalue weighted by Crippen LogP contribution is 1.80. The van der Waals surface area contributed by atoms with Crippen LogP contribution in [0.2, 0.25) is 0 Å². The van der Waals surface area contributed by atoms with E-state index >= 15 is 0 Å². The van der Waals surface area contributed by atoms with Crippen LogP contribution >= 0.6 is 0 Å². The topological polar surface area (TPSA) is 83.5 Å². The fourth-order valence-corrected chi connectivity index (χ4v) is 0.142. The number of aliphatic hydroxyl groups excluding tert-OH is 1. The summed E-state index contributed by atoms with van der Waals surface area (Å²) in [5.74, 6) is -1.18. The van der Waals surface area contributed by atoms with Crippen molar-refractivity contribution in [2.75, 3.05) is 21.1 Å². The van der Waals surface area contributed by atoms with Crippen LogP contribution in [0.15, 0.2) is 11.8 Å². The maximum atomic E-state index is 9.83. The van der Waals surface area contributed by atoms with E-state index in [-0.39, 0.29) is 22.8 Å². The van der Waals surface area contributed by atoms with Crippen LogP contribution in [0.4, 0.5) is 0 Å². The number of rotatable bonds is 1. The van der Waals surface area contributed by atoms with E-state index in [0.717, 1.165) is 0 Å². The van der Waals surface area contributed by atoms with Gasteiger partial charge in [0.2, 0.25) is 0 Å². The Morgan fingerprint density at radius 2 is 1.62 bits per heavy atom. The Morgan fingerprint density at radius 1 is 1.38 bits per heavy atom. The highest BCUT2D eigenvalue weighted by molar-refractivity contribution is 5.89. The van der Waals surface area contributed by atoms with Crippen molar-refractivity contribution >= 4 is 5.91 Å². The van der Waals surface area contributed by atoms with Crippen molar-refractivity contribution in [2.24, 2.45) is 5.73 Å². The SMILES string of the molecule is CC=C(O)C(N)=O.C[N+](C)(C)O.[Cl-]. The lowest BCUT2D eigenvalue weighted by Crippen LogP contribution is -3.00. The van der Waals surface area contributed by atoms with Crippen molar-refractivity contribution in [2.45, 2.75) is 6.92 Å². The van der Waals surface area contributed by atoms with Gasteiger partial charge in [-0.25, -0.2) is 5.21 Å². The molecule has 13 heavy (non-hydrogen) atoms. The van der Waals surface area contributed by atoms with Gasteiger partial charge in [-0.1, -0.05) is 0 Å². The Hall–Kier alpha value is -0.780. The molecule has 0 aromatic rings. The molecule has 80 valence electrons. The van der Waals surface area contributed by atoms with Crippen LogP contribution in [0.5, 0.6) is 0 Å². The number of aliphatic hydroxyl groups is 1. The number of hydrogen-bond donors (Lipinski definition) is 3. The molecule has 0 aliphatic heterocycles. The van der Waals surface area contributed by atoms with Crippen LogP contribution in [-0.2, 0) is 4.79 Å². The first-order chi connectivity index (χ1) is 5.18. The van der Waals surface area contributed by atoms with Crippen LogP contribution in [0.25, 0.3) is 0 Å². The maximum absolute atomic E-state index is 9.83. The van der Waals surface area contributed by atoms with E-state index in [1.165, 1.54) is 13.0 Å². The van der Waals surface area contributed by atoms with E-state index in [1.54, 1.807) is 21.1 Å². The van der Waals surface area contributed by atoms with Gasteiger partial charge in [-0.05, 0) is 13.0 Å². The summed E-state index contributed by atoms with van der Waals surface area (Å²) in [6, 6.07) is 0. The van der Waals surface area contributed by atoms with E-state index in [2.05, 4.69) is 5.73 Å². The molecule has 0 aromatic carbocycles. The van der Waals surface area contributed by atoms with Gasteiger partial charge in [0.05, 0.1) is 21.1 Å². The molecule has 0 aliphatic rings. The van der Waals surface area contributed by atoms with Gasteiger partial charge in [0.1, 0.15) is 0 Å². The number of carbonyl (C=O) groups is 1. The first-order valence-electron chi connectivity index (χ1n) is 3.37. The second-order valence-corrected chi connectivity index (χ2v) is 2.98. The van der Waals surface area contributed by atoms with Crippen molar-refractivity contribution in [3.8, 4) is 0 Å². The average Bonchev–Trinajstić information content (AvgIpc) is 1.82. The molecular weight excluding hydrogens is 196 g/mol. The Kier molecular flexibility index (Phi) is 10.9. The largest absolute Gasteiger partial charge is 1.00 e. The van der Waals surface area contributed by atoms with Crippen LogP contribution < -0.4 is 18.1 Å². The highest BCUT2D eigenvalue weighted by Gasteiger charge is 1.94. The number of nitrogens with zero attached hydrogens (tertiary/aromatic N) is 1. The molecule has 4 N–H and O–H groups in total. The third-order valence-electron chi connectivity index (χ3n) is 0.526. The first-order valence-corrected chi connectivity index (χ1v) is 3.37. The number of quaternary nitrogens is 1. The number of carbonyl (C=O) groups excluding carboxylic acids is 1. The standard InChI is InChI=1S/C4H7NO2.C3H10NO.ClH/c1-2-3(6)4(5)7;1-4(2,3)5;/h2,6H,1H3,(H2,5,7);5H,1-3H3;1H/q;+1;/p-1. The second kappa shape index (κ2) is 7.85. The van der Waals surface area contributed by atoms with Gasteiger partial charge < -0.3 is 23.2 Å². The molecule has 0 bridgehead atoms. The summed E-state index contributed by atoms with van der Waals surface area (Å²) in [6.45, 7) is 1.53. The van der Waals surface area contributed by atoms with Gasteiger partial charge in [0.25, 0.3) is 5.91 Å². The van der Waals surface area contributed by atoms with Crippen molar-refractivity contribution in [3.05, 3.63) is 11.8 Å². The molecule has 0 rings (SSSR count). The molecule has 0 saturated heterocycles. The minimum atomic E-state index is -0.789. The van der Waals surface area contributed by atoms with Gasteiger partial charge in [0, 0.05) is 0 Å². The van der Waals surface area contributed by atoms with Gasteiger partial charge in [-0.3, -0.25) is 4.79 Å². The lowest BCUT2D eigenvalue weighted by atomic mass is 10.4. The minimum Gasteiger partial charge on any atom is -1.00 e. The predicted octanol–water partition coefficient (Wildman–Crippen LogP) is -2.98. The number of allylic oxidation sites excluding steroid dienone is 1. The molecule has 0 radical (unpaired) electrons. The number of hydrogen-bond acceptors (Lipinski definition) is 3. The third-order valence-corrected chi connectivity index (χ3v) is 0.526. The molecule has 5 nitrogen and oxygen atoms in total. The number of amides is 1. The van der Waals surface area contributed by atoms with E-state index < -0.39 is 5.91 Å². The lowest BCUT2D eigenvalue weighted by molar-refractivity contribution is -1.06. The summed E-state index contributed by atoms with van der Waals surface area (Å²) < 4.78 is 0. The summed E-state index contributed by atoms with van der Waals surface area (Å²) >= 11 is 0. The average molecular weight is 213 g/mol. The molecule has 0 heterocycles. The smallest absolute Gasteiger partial charge is 0.283 e. The van der Waals surface area contributed by atoms with E-state index in [9.17, 15) is 4.79 Å². The number of nitrogens with two attached hydrogens (primary N) is 1. The summed E-state index contributed by atoms with van der Waals surface area (Å²) in [6.07, 6.45) is 1.24. The summed E-state index contributed by atoms with van der Waals surface area (Å²) in [4.78, 5) is 9.83. The van der Waals surface area contributed by atoms with Crippen LogP contribution in [-0.4, -0.2) is 42.0 Å². The highest BCUT2D eigenvalue weighted by atomic mass is 35.5.